The van der Waals surface area contributed by atoms with Crippen molar-refractivity contribution in [1.29, 1.82) is 0 Å². The van der Waals surface area contributed by atoms with E-state index >= 15 is 0 Å². The van der Waals surface area contributed by atoms with Crippen molar-refractivity contribution >= 4 is 11.8 Å². The van der Waals surface area contributed by atoms with E-state index < -0.39 is 6.09 Å². The van der Waals surface area contributed by atoms with E-state index in [-0.39, 0.29) is 30.7 Å². The van der Waals surface area contributed by atoms with Gasteiger partial charge in [0.1, 0.15) is 18.5 Å². The molecule has 1 fully saturated rings. The number of hydrogen-bond donors (Lipinski definition) is 2. The Morgan fingerprint density at radius 1 is 1.21 bits per heavy atom. The first-order valence-corrected chi connectivity index (χ1v) is 10.2. The van der Waals surface area contributed by atoms with E-state index in [4.69, 9.17) is 14.2 Å². The maximum Gasteiger partial charge on any atom is 0.407 e. The predicted molar refractivity (Wildman–Crippen MR) is 111 cm³/mol. The zero-order chi connectivity index (χ0) is 20.2. The van der Waals surface area contributed by atoms with Crippen molar-refractivity contribution in [1.82, 2.24) is 5.32 Å². The summed E-state index contributed by atoms with van der Waals surface area (Å²) in [6, 6.07) is 15.7. The molecule has 6 heteroatoms. The number of carbonyl (C=O) groups is 1. The lowest BCUT2D eigenvalue weighted by atomic mass is 9.84. The SMILES string of the molecule is C[C@H]1[C@H](C)Nc2ccc(O[C@@H]3CCOC3)cc2[C@@H]1NC(=O)OCc1ccccc1. The molecular formula is C23H28N2O4. The Morgan fingerprint density at radius 2 is 2.03 bits per heavy atom. The number of carbonyl (C=O) groups excluding carboxylic acids is 1. The highest BCUT2D eigenvalue weighted by molar-refractivity contribution is 5.70. The van der Waals surface area contributed by atoms with Crippen molar-refractivity contribution in [3.63, 3.8) is 0 Å². The Balaban J connectivity index is 1.47. The van der Waals surface area contributed by atoms with Gasteiger partial charge in [0, 0.05) is 29.6 Å². The quantitative estimate of drug-likeness (QED) is 0.790. The Hall–Kier alpha value is -2.73. The predicted octanol–water partition coefficient (Wildman–Crippen LogP) is 4.27. The molecule has 6 nitrogen and oxygen atoms in total. The number of ether oxygens (including phenoxy) is 3. The summed E-state index contributed by atoms with van der Waals surface area (Å²) in [7, 11) is 0. The summed E-state index contributed by atoms with van der Waals surface area (Å²) < 4.78 is 16.9. The van der Waals surface area contributed by atoms with Crippen LogP contribution in [0.3, 0.4) is 0 Å². The van der Waals surface area contributed by atoms with E-state index in [1.807, 2.05) is 48.5 Å². The lowest BCUT2D eigenvalue weighted by Gasteiger charge is -2.37. The van der Waals surface area contributed by atoms with Gasteiger partial charge >= 0.3 is 6.09 Å². The van der Waals surface area contributed by atoms with Gasteiger partial charge in [-0.25, -0.2) is 4.79 Å². The number of fused-ring (bicyclic) bond motifs is 1. The molecule has 0 unspecified atom stereocenters. The maximum atomic E-state index is 12.5. The molecule has 1 amide bonds. The number of amides is 1. The second-order valence-electron chi connectivity index (χ2n) is 7.83. The molecule has 2 aromatic rings. The van der Waals surface area contributed by atoms with Crippen molar-refractivity contribution in [3.05, 3.63) is 59.7 Å². The van der Waals surface area contributed by atoms with Crippen LogP contribution in [0.4, 0.5) is 10.5 Å². The molecule has 0 bridgehead atoms. The fourth-order valence-electron chi connectivity index (χ4n) is 3.85. The highest BCUT2D eigenvalue weighted by Crippen LogP contribution is 2.39. The molecule has 1 saturated heterocycles. The molecule has 29 heavy (non-hydrogen) atoms. The first kappa shape index (κ1) is 19.6. The van der Waals surface area contributed by atoms with Gasteiger partial charge in [0.25, 0.3) is 0 Å². The molecule has 0 aromatic heterocycles. The fraction of sp³-hybridized carbons (Fsp3) is 0.435. The monoisotopic (exact) mass is 396 g/mol. The van der Waals surface area contributed by atoms with Crippen LogP contribution in [0, 0.1) is 5.92 Å². The van der Waals surface area contributed by atoms with Gasteiger partial charge in [-0.3, -0.25) is 0 Å². The lowest BCUT2D eigenvalue weighted by Crippen LogP contribution is -2.42. The van der Waals surface area contributed by atoms with Crippen LogP contribution in [0.5, 0.6) is 5.75 Å². The number of anilines is 1. The van der Waals surface area contributed by atoms with E-state index in [9.17, 15) is 4.79 Å². The van der Waals surface area contributed by atoms with Gasteiger partial charge in [-0.2, -0.15) is 0 Å². The molecule has 4 atom stereocenters. The fourth-order valence-corrected chi connectivity index (χ4v) is 3.85. The maximum absolute atomic E-state index is 12.5. The summed E-state index contributed by atoms with van der Waals surface area (Å²) >= 11 is 0. The Kier molecular flexibility index (Phi) is 5.90. The minimum Gasteiger partial charge on any atom is -0.488 e. The first-order chi connectivity index (χ1) is 14.1. The highest BCUT2D eigenvalue weighted by atomic mass is 16.6. The van der Waals surface area contributed by atoms with E-state index in [1.54, 1.807) is 0 Å². The van der Waals surface area contributed by atoms with Gasteiger partial charge in [0.05, 0.1) is 19.3 Å². The van der Waals surface area contributed by atoms with E-state index in [0.717, 1.165) is 35.6 Å². The van der Waals surface area contributed by atoms with Crippen molar-refractivity contribution < 1.29 is 19.0 Å². The molecule has 0 radical (unpaired) electrons. The van der Waals surface area contributed by atoms with Crippen LogP contribution in [0.25, 0.3) is 0 Å². The molecule has 154 valence electrons. The number of benzene rings is 2. The third kappa shape index (κ3) is 4.65. The van der Waals surface area contributed by atoms with Crippen LogP contribution >= 0.6 is 0 Å². The van der Waals surface area contributed by atoms with E-state index in [1.165, 1.54) is 0 Å². The van der Waals surface area contributed by atoms with Gasteiger partial charge < -0.3 is 24.8 Å². The standard InChI is InChI=1S/C23H28N2O4/c1-15-16(2)24-21-9-8-18(29-19-10-11-27-14-19)12-20(21)22(15)25-23(26)28-13-17-6-4-3-5-7-17/h3-9,12,15-16,19,22,24H,10-11,13-14H2,1-2H3,(H,25,26)/t15-,16-,19+,22+/m0/s1. The van der Waals surface area contributed by atoms with Crippen LogP contribution in [0.1, 0.15) is 37.4 Å². The van der Waals surface area contributed by atoms with Crippen molar-refractivity contribution in [3.8, 4) is 5.75 Å². The third-order valence-electron chi connectivity index (χ3n) is 5.73. The minimum atomic E-state index is -0.415. The molecule has 2 N–H and O–H groups in total. The summed E-state index contributed by atoms with van der Waals surface area (Å²) in [5.41, 5.74) is 2.99. The third-order valence-corrected chi connectivity index (χ3v) is 5.73. The zero-order valence-electron chi connectivity index (χ0n) is 16.9. The van der Waals surface area contributed by atoms with Crippen LogP contribution in [0.2, 0.25) is 0 Å². The average molecular weight is 396 g/mol. The van der Waals surface area contributed by atoms with Gasteiger partial charge in [0.15, 0.2) is 0 Å². The normalized spacial score (nSPS) is 25.6. The van der Waals surface area contributed by atoms with Gasteiger partial charge in [0.2, 0.25) is 0 Å². The summed E-state index contributed by atoms with van der Waals surface area (Å²) in [5, 5.41) is 6.58. The molecule has 2 aliphatic heterocycles. The molecule has 0 saturated carbocycles. The molecule has 0 spiro atoms. The minimum absolute atomic E-state index is 0.0863. The van der Waals surface area contributed by atoms with Crippen LogP contribution in [0.15, 0.2) is 48.5 Å². The Bertz CT molecular complexity index is 836. The second-order valence-corrected chi connectivity index (χ2v) is 7.83. The molecule has 2 aliphatic rings. The largest absolute Gasteiger partial charge is 0.488 e. The Morgan fingerprint density at radius 3 is 2.79 bits per heavy atom. The van der Waals surface area contributed by atoms with Gasteiger partial charge in [-0.05, 0) is 30.7 Å². The average Bonchev–Trinajstić information content (AvgIpc) is 3.24. The van der Waals surface area contributed by atoms with Crippen LogP contribution in [-0.2, 0) is 16.1 Å². The molecule has 4 rings (SSSR count). The van der Waals surface area contributed by atoms with E-state index in [2.05, 4.69) is 24.5 Å². The van der Waals surface area contributed by atoms with Gasteiger partial charge in [-0.15, -0.1) is 0 Å². The summed E-state index contributed by atoms with van der Waals surface area (Å²) in [6.07, 6.45) is 0.570. The zero-order valence-corrected chi connectivity index (χ0v) is 16.9. The lowest BCUT2D eigenvalue weighted by molar-refractivity contribution is 0.130. The molecule has 2 aromatic carbocycles. The number of alkyl carbamates (subject to hydrolysis) is 1. The summed E-state index contributed by atoms with van der Waals surface area (Å²) in [6.45, 7) is 5.86. The topological polar surface area (TPSA) is 68.8 Å². The number of hydrogen-bond acceptors (Lipinski definition) is 5. The smallest absolute Gasteiger partial charge is 0.407 e. The van der Waals surface area contributed by atoms with Crippen LogP contribution < -0.4 is 15.4 Å². The van der Waals surface area contributed by atoms with Gasteiger partial charge in [-0.1, -0.05) is 37.3 Å². The van der Waals surface area contributed by atoms with E-state index in [0.29, 0.717) is 6.61 Å². The number of nitrogens with one attached hydrogen (secondary N) is 2. The van der Waals surface area contributed by atoms with Crippen molar-refractivity contribution in [2.45, 2.75) is 45.1 Å². The summed E-state index contributed by atoms with van der Waals surface area (Å²) in [5.74, 6) is 0.990. The molecular weight excluding hydrogens is 368 g/mol. The first-order valence-electron chi connectivity index (χ1n) is 10.2. The Labute approximate surface area is 171 Å². The van der Waals surface area contributed by atoms with Crippen LogP contribution in [-0.4, -0.2) is 31.5 Å². The second kappa shape index (κ2) is 8.74. The molecule has 0 aliphatic carbocycles. The molecule has 2 heterocycles. The van der Waals surface area contributed by atoms with Crippen molar-refractivity contribution in [2.75, 3.05) is 18.5 Å². The number of rotatable bonds is 5. The van der Waals surface area contributed by atoms with Crippen molar-refractivity contribution in [2.24, 2.45) is 5.92 Å². The summed E-state index contributed by atoms with van der Waals surface area (Å²) in [4.78, 5) is 12.5. The highest BCUT2D eigenvalue weighted by Gasteiger charge is 2.33.